The predicted octanol–water partition coefficient (Wildman–Crippen LogP) is 2.18. The fourth-order valence-electron chi connectivity index (χ4n) is 2.50. The number of rotatable bonds is 6. The predicted molar refractivity (Wildman–Crippen MR) is 85.3 cm³/mol. The Kier molecular flexibility index (Phi) is 5.97. The van der Waals surface area contributed by atoms with Gasteiger partial charge in [-0.1, -0.05) is 6.92 Å². The van der Waals surface area contributed by atoms with Crippen molar-refractivity contribution in [1.82, 2.24) is 5.32 Å². The molecule has 22 heavy (non-hydrogen) atoms. The molecule has 1 heterocycles. The minimum atomic E-state index is -0.803. The Morgan fingerprint density at radius 2 is 2.27 bits per heavy atom. The van der Waals surface area contributed by atoms with E-state index >= 15 is 0 Å². The molecule has 0 bridgehead atoms. The Balaban J connectivity index is 1.90. The Morgan fingerprint density at radius 1 is 1.50 bits per heavy atom. The average Bonchev–Trinajstić information content (AvgIpc) is 2.90. The van der Waals surface area contributed by atoms with Crippen molar-refractivity contribution in [3.63, 3.8) is 0 Å². The Morgan fingerprint density at radius 3 is 3.00 bits per heavy atom. The van der Waals surface area contributed by atoms with Crippen LogP contribution in [0.5, 0.6) is 0 Å². The molecule has 0 unspecified atom stereocenters. The van der Waals surface area contributed by atoms with E-state index in [1.54, 1.807) is 14.0 Å². The monoisotopic (exact) mass is 325 g/mol. The molecular formula is C16H23NO4S. The van der Waals surface area contributed by atoms with E-state index in [0.717, 1.165) is 12.8 Å². The van der Waals surface area contributed by atoms with Crippen molar-refractivity contribution in [2.45, 2.75) is 39.2 Å². The van der Waals surface area contributed by atoms with Crippen LogP contribution in [0.4, 0.5) is 0 Å². The number of thiophene rings is 1. The molecular weight excluding hydrogens is 302 g/mol. The van der Waals surface area contributed by atoms with E-state index in [1.807, 2.05) is 6.07 Å². The lowest BCUT2D eigenvalue weighted by Crippen LogP contribution is -2.37. The maximum Gasteiger partial charge on any atom is 0.349 e. The molecule has 0 fully saturated rings. The van der Waals surface area contributed by atoms with Crippen molar-refractivity contribution < 1.29 is 19.1 Å². The van der Waals surface area contributed by atoms with Crippen molar-refractivity contribution in [2.75, 3.05) is 20.3 Å². The Hall–Kier alpha value is -1.40. The zero-order chi connectivity index (χ0) is 16.1. The topological polar surface area (TPSA) is 64.6 Å². The second kappa shape index (κ2) is 7.74. The van der Waals surface area contributed by atoms with Crippen LogP contribution in [0.25, 0.3) is 0 Å². The maximum absolute atomic E-state index is 12.2. The van der Waals surface area contributed by atoms with E-state index < -0.39 is 12.1 Å². The highest BCUT2D eigenvalue weighted by atomic mass is 32.1. The smallest absolute Gasteiger partial charge is 0.349 e. The first kappa shape index (κ1) is 17.0. The molecule has 5 nitrogen and oxygen atoms in total. The number of amides is 1. The SMILES string of the molecule is COCCNC(=O)[C@H](C)OC(=O)c1cc2c(s1)CC[C@H](C)C2. The molecule has 0 aromatic carbocycles. The van der Waals surface area contributed by atoms with Gasteiger partial charge in [-0.3, -0.25) is 4.79 Å². The lowest BCUT2D eigenvalue weighted by Gasteiger charge is -2.16. The van der Waals surface area contributed by atoms with Gasteiger partial charge < -0.3 is 14.8 Å². The van der Waals surface area contributed by atoms with E-state index in [9.17, 15) is 9.59 Å². The highest BCUT2D eigenvalue weighted by molar-refractivity contribution is 7.14. The molecule has 1 aromatic rings. The first-order valence-corrected chi connectivity index (χ1v) is 8.42. The highest BCUT2D eigenvalue weighted by Crippen LogP contribution is 2.32. The van der Waals surface area contributed by atoms with Gasteiger partial charge in [-0.15, -0.1) is 11.3 Å². The van der Waals surface area contributed by atoms with Crippen LogP contribution < -0.4 is 5.32 Å². The lowest BCUT2D eigenvalue weighted by molar-refractivity contribution is -0.129. The summed E-state index contributed by atoms with van der Waals surface area (Å²) in [7, 11) is 1.56. The number of carbonyl (C=O) groups is 2. The van der Waals surface area contributed by atoms with Crippen LogP contribution in [-0.2, 0) is 27.1 Å². The van der Waals surface area contributed by atoms with Crippen LogP contribution in [0.1, 0.15) is 40.4 Å². The molecule has 0 aliphatic heterocycles. The van der Waals surface area contributed by atoms with Crippen LogP contribution in [0.15, 0.2) is 6.07 Å². The van der Waals surface area contributed by atoms with Crippen LogP contribution >= 0.6 is 11.3 Å². The van der Waals surface area contributed by atoms with Gasteiger partial charge in [0.2, 0.25) is 0 Å². The van der Waals surface area contributed by atoms with Gasteiger partial charge in [-0.25, -0.2) is 4.79 Å². The number of hydrogen-bond acceptors (Lipinski definition) is 5. The molecule has 1 aliphatic rings. The second-order valence-corrected chi connectivity index (χ2v) is 6.88. The van der Waals surface area contributed by atoms with Gasteiger partial charge >= 0.3 is 5.97 Å². The van der Waals surface area contributed by atoms with Crippen LogP contribution in [0.2, 0.25) is 0 Å². The van der Waals surface area contributed by atoms with Crippen molar-refractivity contribution in [1.29, 1.82) is 0 Å². The zero-order valence-electron chi connectivity index (χ0n) is 13.3. The van der Waals surface area contributed by atoms with Crippen LogP contribution in [0, 0.1) is 5.92 Å². The van der Waals surface area contributed by atoms with Crippen molar-refractivity contribution in [2.24, 2.45) is 5.92 Å². The third-order valence-corrected chi connectivity index (χ3v) is 5.01. The van der Waals surface area contributed by atoms with Crippen molar-refractivity contribution in [3.8, 4) is 0 Å². The summed E-state index contributed by atoms with van der Waals surface area (Å²) in [6.45, 7) is 4.64. The third-order valence-electron chi connectivity index (χ3n) is 3.79. The molecule has 6 heteroatoms. The van der Waals surface area contributed by atoms with Gasteiger partial charge in [-0.05, 0) is 43.7 Å². The summed E-state index contributed by atoms with van der Waals surface area (Å²) in [5.74, 6) is -0.0572. The van der Waals surface area contributed by atoms with Gasteiger partial charge in [0.05, 0.1) is 6.61 Å². The number of methoxy groups -OCH3 is 1. The van der Waals surface area contributed by atoms with Gasteiger partial charge in [0, 0.05) is 18.5 Å². The molecule has 2 rings (SSSR count). The minimum Gasteiger partial charge on any atom is -0.448 e. The number of nitrogens with one attached hydrogen (secondary N) is 1. The van der Waals surface area contributed by atoms with E-state index in [4.69, 9.17) is 9.47 Å². The van der Waals surface area contributed by atoms with Crippen molar-refractivity contribution in [3.05, 3.63) is 21.4 Å². The summed E-state index contributed by atoms with van der Waals surface area (Å²) < 4.78 is 10.1. The Bertz CT molecular complexity index is 540. The maximum atomic E-state index is 12.2. The van der Waals surface area contributed by atoms with Crippen LogP contribution in [-0.4, -0.2) is 38.2 Å². The molecule has 2 atom stereocenters. The summed E-state index contributed by atoms with van der Waals surface area (Å²) in [5.41, 5.74) is 1.26. The first-order valence-electron chi connectivity index (χ1n) is 7.60. The van der Waals surface area contributed by atoms with Crippen molar-refractivity contribution >= 4 is 23.2 Å². The number of carbonyl (C=O) groups excluding carboxylic acids is 2. The number of esters is 1. The van der Waals surface area contributed by atoms with Gasteiger partial charge in [0.1, 0.15) is 4.88 Å². The molecule has 0 saturated heterocycles. The second-order valence-electron chi connectivity index (χ2n) is 5.74. The first-order chi connectivity index (χ1) is 10.5. The molecule has 122 valence electrons. The normalized spacial score (nSPS) is 18.4. The summed E-state index contributed by atoms with van der Waals surface area (Å²) in [5, 5.41) is 2.66. The lowest BCUT2D eigenvalue weighted by atomic mass is 9.90. The molecule has 0 saturated carbocycles. The van der Waals surface area contributed by atoms with E-state index in [0.29, 0.717) is 23.9 Å². The van der Waals surface area contributed by atoms with E-state index in [1.165, 1.54) is 28.2 Å². The quantitative estimate of drug-likeness (QED) is 0.643. The summed E-state index contributed by atoms with van der Waals surface area (Å²) in [6, 6.07) is 1.92. The number of hydrogen-bond donors (Lipinski definition) is 1. The fraction of sp³-hybridized carbons (Fsp3) is 0.625. The molecule has 1 aromatic heterocycles. The largest absolute Gasteiger partial charge is 0.448 e. The molecule has 1 amide bonds. The highest BCUT2D eigenvalue weighted by Gasteiger charge is 2.24. The fourth-order valence-corrected chi connectivity index (χ4v) is 3.59. The van der Waals surface area contributed by atoms with E-state index in [-0.39, 0.29) is 5.91 Å². The molecule has 0 radical (unpaired) electrons. The van der Waals surface area contributed by atoms with Gasteiger partial charge in [0.15, 0.2) is 6.10 Å². The molecule has 1 aliphatic carbocycles. The molecule has 1 N–H and O–H groups in total. The average molecular weight is 325 g/mol. The summed E-state index contributed by atoms with van der Waals surface area (Å²) in [6.07, 6.45) is 2.41. The zero-order valence-corrected chi connectivity index (χ0v) is 14.1. The Labute approximate surface area is 135 Å². The minimum absolute atomic E-state index is 0.305. The van der Waals surface area contributed by atoms with Gasteiger partial charge in [-0.2, -0.15) is 0 Å². The number of aryl methyl sites for hydroxylation is 1. The standard InChI is InChI=1S/C16H23NO4S/c1-10-4-5-13-12(8-10)9-14(22-13)16(19)21-11(2)15(18)17-6-7-20-3/h9-11H,4-8H2,1-3H3,(H,17,18)/t10-,11-/m0/s1. The van der Waals surface area contributed by atoms with Crippen LogP contribution in [0.3, 0.4) is 0 Å². The van der Waals surface area contributed by atoms with Gasteiger partial charge in [0.25, 0.3) is 5.91 Å². The number of fused-ring (bicyclic) bond motifs is 1. The summed E-state index contributed by atoms with van der Waals surface area (Å²) in [4.78, 5) is 25.8. The number of ether oxygens (including phenoxy) is 2. The van der Waals surface area contributed by atoms with E-state index in [2.05, 4.69) is 12.2 Å². The summed E-state index contributed by atoms with van der Waals surface area (Å²) >= 11 is 1.49. The third kappa shape index (κ3) is 4.30. The molecule has 0 spiro atoms.